The standard InChI is InChI=1S/C14H22N2O2/c1-14(18,8-10-17)11-12-7-9-16(15-12)13-5-3-2-4-6-13/h7,9-10,13,18H,2-6,8,11H2,1H3. The molecule has 1 heterocycles. The van der Waals surface area contributed by atoms with Crippen molar-refractivity contribution in [2.24, 2.45) is 0 Å². The molecular formula is C14H22N2O2. The molecule has 100 valence electrons. The topological polar surface area (TPSA) is 55.1 Å². The molecule has 1 saturated carbocycles. The maximum Gasteiger partial charge on any atom is 0.122 e. The molecule has 1 aromatic heterocycles. The molecule has 0 saturated heterocycles. The van der Waals surface area contributed by atoms with Crippen molar-refractivity contribution in [3.63, 3.8) is 0 Å². The number of aliphatic hydroxyl groups is 1. The van der Waals surface area contributed by atoms with E-state index in [-0.39, 0.29) is 6.42 Å². The lowest BCUT2D eigenvalue weighted by molar-refractivity contribution is -0.111. The monoisotopic (exact) mass is 250 g/mol. The first-order valence-electron chi connectivity index (χ1n) is 6.81. The fraction of sp³-hybridized carbons (Fsp3) is 0.714. The van der Waals surface area contributed by atoms with Crippen LogP contribution in [-0.4, -0.2) is 26.8 Å². The van der Waals surface area contributed by atoms with Crippen molar-refractivity contribution in [3.05, 3.63) is 18.0 Å². The van der Waals surface area contributed by atoms with Gasteiger partial charge in [0.2, 0.25) is 0 Å². The summed E-state index contributed by atoms with van der Waals surface area (Å²) in [7, 11) is 0. The van der Waals surface area contributed by atoms with Gasteiger partial charge in [-0.15, -0.1) is 0 Å². The van der Waals surface area contributed by atoms with Gasteiger partial charge >= 0.3 is 0 Å². The van der Waals surface area contributed by atoms with Crippen LogP contribution in [0.25, 0.3) is 0 Å². The van der Waals surface area contributed by atoms with Crippen LogP contribution in [0, 0.1) is 0 Å². The second-order valence-corrected chi connectivity index (χ2v) is 5.62. The van der Waals surface area contributed by atoms with Crippen LogP contribution in [-0.2, 0) is 11.2 Å². The predicted octanol–water partition coefficient (Wildman–Crippen LogP) is 2.27. The Morgan fingerprint density at radius 2 is 2.22 bits per heavy atom. The summed E-state index contributed by atoms with van der Waals surface area (Å²) in [4.78, 5) is 10.5. The summed E-state index contributed by atoms with van der Waals surface area (Å²) in [5, 5.41) is 14.5. The Labute approximate surface area is 108 Å². The minimum Gasteiger partial charge on any atom is -0.389 e. The summed E-state index contributed by atoms with van der Waals surface area (Å²) in [6.07, 6.45) is 9.65. The number of carbonyl (C=O) groups excluding carboxylic acids is 1. The Balaban J connectivity index is 1.99. The molecule has 0 aliphatic heterocycles. The highest BCUT2D eigenvalue weighted by molar-refractivity contribution is 5.51. The number of aromatic nitrogens is 2. The highest BCUT2D eigenvalue weighted by Gasteiger charge is 2.23. The molecule has 4 nitrogen and oxygen atoms in total. The Morgan fingerprint density at radius 3 is 2.89 bits per heavy atom. The van der Waals surface area contributed by atoms with Crippen LogP contribution in [0.2, 0.25) is 0 Å². The van der Waals surface area contributed by atoms with Gasteiger partial charge in [0.25, 0.3) is 0 Å². The Hall–Kier alpha value is -1.16. The third kappa shape index (κ3) is 3.42. The highest BCUT2D eigenvalue weighted by atomic mass is 16.3. The van der Waals surface area contributed by atoms with E-state index in [1.807, 2.05) is 16.9 Å². The Kier molecular flexibility index (Phi) is 4.17. The van der Waals surface area contributed by atoms with Gasteiger partial charge in [0.1, 0.15) is 6.29 Å². The van der Waals surface area contributed by atoms with E-state index in [1.54, 1.807) is 6.92 Å². The second-order valence-electron chi connectivity index (χ2n) is 5.62. The quantitative estimate of drug-likeness (QED) is 0.816. The van der Waals surface area contributed by atoms with Gasteiger partial charge in [0.05, 0.1) is 17.3 Å². The molecule has 0 radical (unpaired) electrons. The van der Waals surface area contributed by atoms with Crippen molar-refractivity contribution in [2.75, 3.05) is 0 Å². The van der Waals surface area contributed by atoms with Gasteiger partial charge in [-0.05, 0) is 25.8 Å². The number of carbonyl (C=O) groups is 1. The fourth-order valence-corrected chi connectivity index (χ4v) is 2.66. The minimum absolute atomic E-state index is 0.156. The zero-order chi connectivity index (χ0) is 13.0. The van der Waals surface area contributed by atoms with Crippen LogP contribution in [0.5, 0.6) is 0 Å². The Morgan fingerprint density at radius 1 is 1.50 bits per heavy atom. The molecule has 1 unspecified atom stereocenters. The molecule has 0 amide bonds. The van der Waals surface area contributed by atoms with Gasteiger partial charge in [0.15, 0.2) is 0 Å². The third-order valence-corrected chi connectivity index (χ3v) is 3.70. The van der Waals surface area contributed by atoms with E-state index >= 15 is 0 Å². The van der Waals surface area contributed by atoms with Gasteiger partial charge < -0.3 is 9.90 Å². The molecule has 4 heteroatoms. The number of aldehydes is 1. The van der Waals surface area contributed by atoms with Crippen molar-refractivity contribution in [1.82, 2.24) is 9.78 Å². The number of hydrogen-bond acceptors (Lipinski definition) is 3. The van der Waals surface area contributed by atoms with Crippen LogP contribution in [0.4, 0.5) is 0 Å². The molecule has 1 aliphatic carbocycles. The first kappa shape index (κ1) is 13.3. The summed E-state index contributed by atoms with van der Waals surface area (Å²) in [6.45, 7) is 1.68. The molecule has 2 rings (SSSR count). The van der Waals surface area contributed by atoms with Gasteiger partial charge in [0, 0.05) is 19.0 Å². The first-order chi connectivity index (χ1) is 8.61. The van der Waals surface area contributed by atoms with Crippen LogP contribution >= 0.6 is 0 Å². The molecule has 1 atom stereocenters. The lowest BCUT2D eigenvalue weighted by atomic mass is 9.96. The molecule has 18 heavy (non-hydrogen) atoms. The largest absolute Gasteiger partial charge is 0.389 e. The number of rotatable bonds is 5. The zero-order valence-corrected chi connectivity index (χ0v) is 11.0. The van der Waals surface area contributed by atoms with Crippen LogP contribution in [0.15, 0.2) is 12.3 Å². The summed E-state index contributed by atoms with van der Waals surface area (Å²) in [6, 6.07) is 2.47. The van der Waals surface area contributed by atoms with Crippen LogP contribution in [0.3, 0.4) is 0 Å². The highest BCUT2D eigenvalue weighted by Crippen LogP contribution is 2.27. The van der Waals surface area contributed by atoms with E-state index in [0.717, 1.165) is 12.0 Å². The van der Waals surface area contributed by atoms with Gasteiger partial charge in [-0.1, -0.05) is 19.3 Å². The zero-order valence-electron chi connectivity index (χ0n) is 11.0. The van der Waals surface area contributed by atoms with Crippen molar-refractivity contribution in [2.45, 2.75) is 63.5 Å². The van der Waals surface area contributed by atoms with Gasteiger partial charge in [-0.3, -0.25) is 4.68 Å². The van der Waals surface area contributed by atoms with E-state index in [4.69, 9.17) is 0 Å². The van der Waals surface area contributed by atoms with Gasteiger partial charge in [-0.2, -0.15) is 5.10 Å². The normalized spacial score (nSPS) is 20.6. The Bertz CT molecular complexity index is 392. The average Bonchev–Trinajstić information content (AvgIpc) is 2.77. The maximum atomic E-state index is 10.5. The van der Waals surface area contributed by atoms with E-state index in [1.165, 1.54) is 32.1 Å². The molecule has 1 aromatic rings. The summed E-state index contributed by atoms with van der Waals surface area (Å²) < 4.78 is 2.03. The SMILES string of the molecule is CC(O)(CC=O)Cc1ccn(C2CCCCC2)n1. The maximum absolute atomic E-state index is 10.5. The first-order valence-corrected chi connectivity index (χ1v) is 6.81. The van der Waals surface area contributed by atoms with Crippen LogP contribution < -0.4 is 0 Å². The average molecular weight is 250 g/mol. The van der Waals surface area contributed by atoms with Crippen molar-refractivity contribution < 1.29 is 9.90 Å². The van der Waals surface area contributed by atoms with Crippen molar-refractivity contribution >= 4 is 6.29 Å². The van der Waals surface area contributed by atoms with Crippen molar-refractivity contribution in [1.29, 1.82) is 0 Å². The molecule has 0 spiro atoms. The minimum atomic E-state index is -0.979. The second kappa shape index (κ2) is 5.65. The van der Waals surface area contributed by atoms with E-state index in [0.29, 0.717) is 12.5 Å². The molecule has 1 aliphatic rings. The smallest absolute Gasteiger partial charge is 0.122 e. The lowest BCUT2D eigenvalue weighted by Gasteiger charge is -2.22. The van der Waals surface area contributed by atoms with E-state index < -0.39 is 5.60 Å². The molecule has 1 N–H and O–H groups in total. The summed E-state index contributed by atoms with van der Waals surface area (Å²) in [5.74, 6) is 0. The van der Waals surface area contributed by atoms with E-state index in [2.05, 4.69) is 5.10 Å². The summed E-state index contributed by atoms with van der Waals surface area (Å²) >= 11 is 0. The molecular weight excluding hydrogens is 228 g/mol. The van der Waals surface area contributed by atoms with E-state index in [9.17, 15) is 9.90 Å². The third-order valence-electron chi connectivity index (χ3n) is 3.70. The number of hydrogen-bond donors (Lipinski definition) is 1. The molecule has 1 fully saturated rings. The summed E-state index contributed by atoms with van der Waals surface area (Å²) in [5.41, 5.74) is -0.111. The van der Waals surface area contributed by atoms with Gasteiger partial charge in [-0.25, -0.2) is 0 Å². The fourth-order valence-electron chi connectivity index (χ4n) is 2.66. The van der Waals surface area contributed by atoms with Crippen molar-refractivity contribution in [3.8, 4) is 0 Å². The lowest BCUT2D eigenvalue weighted by Crippen LogP contribution is -2.28. The molecule has 0 aromatic carbocycles. The molecule has 0 bridgehead atoms. The predicted molar refractivity (Wildman–Crippen MR) is 69.4 cm³/mol. The van der Waals surface area contributed by atoms with Crippen LogP contribution in [0.1, 0.15) is 57.2 Å². The number of nitrogens with zero attached hydrogens (tertiary/aromatic N) is 2.